The molecule has 2 aromatic rings. The van der Waals surface area contributed by atoms with Crippen LogP contribution in [0.1, 0.15) is 25.7 Å². The quantitative estimate of drug-likeness (QED) is 0.101. The van der Waals surface area contributed by atoms with Crippen molar-refractivity contribution in [1.82, 2.24) is 0 Å². The molecule has 0 amide bonds. The van der Waals surface area contributed by atoms with Gasteiger partial charge in [0.2, 0.25) is 0 Å². The van der Waals surface area contributed by atoms with Gasteiger partial charge >= 0.3 is 59.1 Å². The Morgan fingerprint density at radius 1 is 0.529 bits per heavy atom. The summed E-state index contributed by atoms with van der Waals surface area (Å²) in [6, 6.07) is 20.1. The number of rotatable bonds is 15. The molecule has 0 saturated carbocycles. The zero-order valence-electron chi connectivity index (χ0n) is 20.0. The minimum Gasteiger partial charge on any atom is -0.748 e. The molecular weight excluding hydrogens is 532 g/mol. The van der Waals surface area contributed by atoms with E-state index >= 15 is 0 Å². The number of hydrogen-bond acceptors (Lipinski definition) is 6. The summed E-state index contributed by atoms with van der Waals surface area (Å²) in [6.45, 7) is 0. The van der Waals surface area contributed by atoms with Gasteiger partial charge in [-0.1, -0.05) is 76.5 Å². The molecule has 0 heterocycles. The largest absolute Gasteiger partial charge is 1.00 e. The first-order valence-electron chi connectivity index (χ1n) is 10.6. The van der Waals surface area contributed by atoms with Crippen LogP contribution in [0.15, 0.2) is 60.7 Å². The van der Waals surface area contributed by atoms with Gasteiger partial charge in [-0.15, -0.1) is 0 Å². The van der Waals surface area contributed by atoms with E-state index in [-0.39, 0.29) is 70.6 Å². The summed E-state index contributed by atoms with van der Waals surface area (Å²) in [6.07, 6.45) is 6.09. The van der Waals surface area contributed by atoms with Crippen molar-refractivity contribution in [1.29, 1.82) is 0 Å². The molecule has 0 N–H and O–H groups in total. The van der Waals surface area contributed by atoms with Crippen LogP contribution in [0.25, 0.3) is 0 Å². The van der Waals surface area contributed by atoms with Crippen LogP contribution in [0.2, 0.25) is 0 Å². The fourth-order valence-electron chi connectivity index (χ4n) is 3.49. The molecule has 2 atom stereocenters. The first kappa shape index (κ1) is 35.1. The summed E-state index contributed by atoms with van der Waals surface area (Å²) in [5.41, 5.74) is 0. The molecule has 0 aliphatic rings. The average molecular weight is 563 g/mol. The molecule has 0 fully saturated rings. The van der Waals surface area contributed by atoms with Crippen molar-refractivity contribution in [2.75, 3.05) is 36.2 Å². The van der Waals surface area contributed by atoms with E-state index in [1.54, 1.807) is 0 Å². The van der Waals surface area contributed by atoms with Crippen molar-refractivity contribution in [2.45, 2.75) is 25.7 Å². The van der Waals surface area contributed by atoms with Crippen LogP contribution in [0.3, 0.4) is 0 Å². The SMILES string of the molecule is O=S(=O)([O-])CCCP(CCCCP(CCCS(=O)(=O)[O-])c1ccccc1)c1ccccc1.[Na+].[Na+]. The van der Waals surface area contributed by atoms with E-state index in [2.05, 4.69) is 24.3 Å². The van der Waals surface area contributed by atoms with Crippen molar-refractivity contribution in [3.63, 3.8) is 0 Å². The van der Waals surface area contributed by atoms with Gasteiger partial charge in [0.1, 0.15) is 0 Å². The molecule has 0 spiro atoms. The van der Waals surface area contributed by atoms with Crippen LogP contribution in [0, 0.1) is 0 Å². The molecule has 34 heavy (non-hydrogen) atoms. The topological polar surface area (TPSA) is 114 Å². The molecule has 0 aliphatic carbocycles. The second-order valence-electron chi connectivity index (χ2n) is 7.58. The van der Waals surface area contributed by atoms with E-state index in [4.69, 9.17) is 0 Å². The van der Waals surface area contributed by atoms with Gasteiger partial charge in [0, 0.05) is 11.5 Å². The first-order chi connectivity index (χ1) is 15.1. The normalized spacial score (nSPS) is 13.4. The predicted octanol–water partition coefficient (Wildman–Crippen LogP) is -2.74. The van der Waals surface area contributed by atoms with E-state index in [0.717, 1.165) is 37.5 Å². The van der Waals surface area contributed by atoms with Gasteiger partial charge in [0.25, 0.3) is 0 Å². The van der Waals surface area contributed by atoms with Gasteiger partial charge in [-0.2, -0.15) is 0 Å². The second-order valence-corrected chi connectivity index (χ2v) is 15.6. The molecule has 0 aliphatic heterocycles. The maximum atomic E-state index is 11.0. The number of unbranched alkanes of at least 4 members (excludes halogenated alkanes) is 1. The third kappa shape index (κ3) is 16.1. The van der Waals surface area contributed by atoms with Gasteiger partial charge in [-0.3, -0.25) is 0 Å². The van der Waals surface area contributed by atoms with Crippen LogP contribution in [-0.4, -0.2) is 62.1 Å². The van der Waals surface area contributed by atoms with Crippen LogP contribution in [-0.2, 0) is 20.2 Å². The van der Waals surface area contributed by atoms with E-state index in [0.29, 0.717) is 12.8 Å². The fraction of sp³-hybridized carbons (Fsp3) is 0.455. The van der Waals surface area contributed by atoms with E-state index in [9.17, 15) is 25.9 Å². The Morgan fingerprint density at radius 2 is 0.824 bits per heavy atom. The molecule has 6 nitrogen and oxygen atoms in total. The first-order valence-corrected chi connectivity index (χ1v) is 17.2. The predicted molar refractivity (Wildman–Crippen MR) is 133 cm³/mol. The van der Waals surface area contributed by atoms with Crippen molar-refractivity contribution in [3.05, 3.63) is 60.7 Å². The molecule has 2 unspecified atom stereocenters. The zero-order valence-corrected chi connectivity index (χ0v) is 27.4. The van der Waals surface area contributed by atoms with Crippen molar-refractivity contribution in [2.24, 2.45) is 0 Å². The molecule has 178 valence electrons. The summed E-state index contributed by atoms with van der Waals surface area (Å²) in [5, 5.41) is 2.44. The van der Waals surface area contributed by atoms with Crippen molar-refractivity contribution < 1.29 is 85.1 Å². The van der Waals surface area contributed by atoms with E-state index in [1.807, 2.05) is 36.4 Å². The van der Waals surface area contributed by atoms with Crippen LogP contribution >= 0.6 is 15.8 Å². The van der Waals surface area contributed by atoms with Gasteiger partial charge in [0.15, 0.2) is 0 Å². The molecule has 0 saturated heterocycles. The Labute approximate surface area is 251 Å². The van der Waals surface area contributed by atoms with Crippen LogP contribution in [0.5, 0.6) is 0 Å². The summed E-state index contributed by atoms with van der Waals surface area (Å²) in [5.74, 6) is -0.638. The molecular formula is C22H30Na2O6P2S2. The smallest absolute Gasteiger partial charge is 0.748 e. The Morgan fingerprint density at radius 3 is 1.12 bits per heavy atom. The van der Waals surface area contributed by atoms with E-state index < -0.39 is 36.1 Å². The summed E-state index contributed by atoms with van der Waals surface area (Å²) < 4.78 is 65.8. The van der Waals surface area contributed by atoms with Gasteiger partial charge < -0.3 is 9.11 Å². The zero-order chi connectivity index (χ0) is 23.5. The summed E-state index contributed by atoms with van der Waals surface area (Å²) >= 11 is 0. The third-order valence-electron chi connectivity index (χ3n) is 4.99. The van der Waals surface area contributed by atoms with Gasteiger partial charge in [-0.05, 0) is 60.9 Å². The Balaban J connectivity index is 0.00000544. The van der Waals surface area contributed by atoms with Crippen LogP contribution < -0.4 is 69.7 Å². The Bertz CT molecular complexity index is 927. The number of benzene rings is 2. The van der Waals surface area contributed by atoms with Crippen LogP contribution in [0.4, 0.5) is 0 Å². The minimum atomic E-state index is -4.19. The standard InChI is InChI=1S/C22H32O6P2S2.2Na/c23-31(24,25)19-9-17-29(21-11-3-1-4-12-21)15-7-8-16-30(18-10-20-32(26,27)28)22-13-5-2-6-14-22;;/h1-6,11-14H,7-10,15-20H2,(H,23,24,25)(H,26,27,28);;/q;2*+1/p-2. The molecule has 12 heteroatoms. The second kappa shape index (κ2) is 18.4. The third-order valence-corrected chi connectivity index (χ3v) is 12.1. The fourth-order valence-corrected chi connectivity index (χ4v) is 9.87. The molecule has 0 aromatic heterocycles. The molecule has 2 rings (SSSR count). The molecule has 0 bridgehead atoms. The Kier molecular flexibility index (Phi) is 19.0. The molecule has 2 aromatic carbocycles. The van der Waals surface area contributed by atoms with Crippen molar-refractivity contribution in [3.8, 4) is 0 Å². The molecule has 0 radical (unpaired) electrons. The summed E-state index contributed by atoms with van der Waals surface area (Å²) in [4.78, 5) is 0. The maximum absolute atomic E-state index is 11.0. The van der Waals surface area contributed by atoms with Crippen molar-refractivity contribution >= 4 is 46.7 Å². The minimum absolute atomic E-state index is 0. The van der Waals surface area contributed by atoms with Gasteiger partial charge in [0.05, 0.1) is 20.2 Å². The summed E-state index contributed by atoms with van der Waals surface area (Å²) in [7, 11) is -9.46. The maximum Gasteiger partial charge on any atom is 1.00 e. The number of hydrogen-bond donors (Lipinski definition) is 0. The Hall–Kier alpha value is 1.12. The van der Waals surface area contributed by atoms with E-state index in [1.165, 1.54) is 10.6 Å². The average Bonchev–Trinajstić information content (AvgIpc) is 2.73. The van der Waals surface area contributed by atoms with Gasteiger partial charge in [-0.25, -0.2) is 16.8 Å². The monoisotopic (exact) mass is 562 g/mol.